The van der Waals surface area contributed by atoms with Gasteiger partial charge in [0, 0.05) is 10.8 Å². The van der Waals surface area contributed by atoms with E-state index in [2.05, 4.69) is 20.7 Å². The Morgan fingerprint density at radius 2 is 1.95 bits per heavy atom. The minimum absolute atomic E-state index is 0. The van der Waals surface area contributed by atoms with Gasteiger partial charge in [-0.15, -0.1) is 17.5 Å². The number of nitrogens with one attached hydrogen (secondary N) is 1. The number of rotatable bonds is 3. The van der Waals surface area contributed by atoms with E-state index in [4.69, 9.17) is 0 Å². The topological polar surface area (TPSA) is 50.2 Å². The quantitative estimate of drug-likeness (QED) is 0.685. The molecule has 0 saturated carbocycles. The van der Waals surface area contributed by atoms with Gasteiger partial charge in [0.2, 0.25) is 0 Å². The van der Waals surface area contributed by atoms with E-state index in [-0.39, 0.29) is 12.4 Å². The van der Waals surface area contributed by atoms with Crippen molar-refractivity contribution in [2.75, 3.05) is 5.43 Å². The first-order valence-corrected chi connectivity index (χ1v) is 5.82. The van der Waals surface area contributed by atoms with E-state index in [1.807, 2.05) is 51.1 Å². The Morgan fingerprint density at radius 1 is 1.21 bits per heavy atom. The molecule has 0 bridgehead atoms. The van der Waals surface area contributed by atoms with E-state index in [1.54, 1.807) is 6.20 Å². The molecule has 2 aromatic rings. The molecule has 0 aliphatic rings. The van der Waals surface area contributed by atoms with E-state index in [1.165, 1.54) is 5.57 Å². The van der Waals surface area contributed by atoms with Gasteiger partial charge in [-0.2, -0.15) is 10.2 Å². The zero-order valence-corrected chi connectivity index (χ0v) is 12.0. The number of halogens is 1. The zero-order valence-electron chi connectivity index (χ0n) is 11.2. The maximum absolute atomic E-state index is 4.27. The molecule has 4 nitrogen and oxygen atoms in total. The summed E-state index contributed by atoms with van der Waals surface area (Å²) in [4.78, 5) is 0. The highest BCUT2D eigenvalue weighted by Crippen LogP contribution is 2.18. The molecule has 0 saturated heterocycles. The molecule has 0 amide bonds. The first kappa shape index (κ1) is 15.1. The summed E-state index contributed by atoms with van der Waals surface area (Å²) in [6, 6.07) is 7.95. The third-order valence-electron chi connectivity index (χ3n) is 2.41. The van der Waals surface area contributed by atoms with Crippen LogP contribution in [0.2, 0.25) is 0 Å². The SMILES string of the molecule is CC(C)=CC(C)=NNc1nncc2ccccc12.Cl. The second kappa shape index (κ2) is 6.85. The Labute approximate surface area is 119 Å². The van der Waals surface area contributed by atoms with Crippen LogP contribution in [0.1, 0.15) is 20.8 Å². The smallest absolute Gasteiger partial charge is 0.176 e. The van der Waals surface area contributed by atoms with E-state index in [0.29, 0.717) is 5.82 Å². The molecule has 1 aromatic heterocycles. The van der Waals surface area contributed by atoms with Crippen molar-refractivity contribution in [2.24, 2.45) is 5.10 Å². The van der Waals surface area contributed by atoms with Crippen molar-refractivity contribution >= 4 is 34.7 Å². The molecule has 19 heavy (non-hydrogen) atoms. The number of nitrogens with zero attached hydrogens (tertiary/aromatic N) is 3. The molecule has 0 aliphatic heterocycles. The second-order valence-corrected chi connectivity index (χ2v) is 4.37. The average molecular weight is 277 g/mol. The molecule has 0 radical (unpaired) electrons. The number of anilines is 1. The molecule has 1 N–H and O–H groups in total. The fourth-order valence-electron chi connectivity index (χ4n) is 1.70. The number of benzene rings is 1. The molecule has 2 rings (SSSR count). The lowest BCUT2D eigenvalue weighted by molar-refractivity contribution is 1.04. The van der Waals surface area contributed by atoms with Crippen LogP contribution in [0.3, 0.4) is 0 Å². The standard InChI is InChI=1S/C14H16N4.ClH/c1-10(2)8-11(3)16-18-14-13-7-5-4-6-12(13)9-15-17-14;/h4-9H,1-3H3,(H,17,18);1H. The van der Waals surface area contributed by atoms with Gasteiger partial charge in [-0.3, -0.25) is 5.43 Å². The fourth-order valence-corrected chi connectivity index (χ4v) is 1.70. The van der Waals surface area contributed by atoms with Gasteiger partial charge in [-0.25, -0.2) is 0 Å². The summed E-state index contributed by atoms with van der Waals surface area (Å²) < 4.78 is 0. The number of aromatic nitrogens is 2. The number of hydrazone groups is 1. The van der Waals surface area contributed by atoms with Crippen molar-refractivity contribution in [1.29, 1.82) is 0 Å². The summed E-state index contributed by atoms with van der Waals surface area (Å²) in [7, 11) is 0. The molecular formula is C14H17ClN4. The molecule has 0 fully saturated rings. The van der Waals surface area contributed by atoms with Crippen LogP contribution in [-0.2, 0) is 0 Å². The van der Waals surface area contributed by atoms with Gasteiger partial charge in [-0.05, 0) is 26.8 Å². The first-order valence-electron chi connectivity index (χ1n) is 5.82. The van der Waals surface area contributed by atoms with Gasteiger partial charge in [-0.1, -0.05) is 29.8 Å². The Hall–Kier alpha value is -1.94. The Bertz CT molecular complexity index is 610. The second-order valence-electron chi connectivity index (χ2n) is 4.37. The lowest BCUT2D eigenvalue weighted by Crippen LogP contribution is -1.99. The highest BCUT2D eigenvalue weighted by atomic mass is 35.5. The van der Waals surface area contributed by atoms with E-state index >= 15 is 0 Å². The zero-order chi connectivity index (χ0) is 13.0. The van der Waals surface area contributed by atoms with Crippen molar-refractivity contribution in [3.05, 3.63) is 42.1 Å². The maximum atomic E-state index is 4.27. The fraction of sp³-hybridized carbons (Fsp3) is 0.214. The van der Waals surface area contributed by atoms with Crippen LogP contribution in [-0.4, -0.2) is 15.9 Å². The Kier molecular flexibility index (Phi) is 5.45. The lowest BCUT2D eigenvalue weighted by Gasteiger charge is -2.03. The molecule has 0 aliphatic carbocycles. The first-order chi connectivity index (χ1) is 8.66. The van der Waals surface area contributed by atoms with Crippen LogP contribution in [0, 0.1) is 0 Å². The van der Waals surface area contributed by atoms with Crippen LogP contribution in [0.5, 0.6) is 0 Å². The van der Waals surface area contributed by atoms with Gasteiger partial charge >= 0.3 is 0 Å². The van der Waals surface area contributed by atoms with Crippen molar-refractivity contribution in [2.45, 2.75) is 20.8 Å². The maximum Gasteiger partial charge on any atom is 0.176 e. The average Bonchev–Trinajstić information content (AvgIpc) is 2.35. The van der Waals surface area contributed by atoms with Crippen LogP contribution in [0.15, 0.2) is 47.2 Å². The summed E-state index contributed by atoms with van der Waals surface area (Å²) in [6.45, 7) is 6.02. The highest BCUT2D eigenvalue weighted by molar-refractivity contribution is 5.95. The van der Waals surface area contributed by atoms with E-state index in [0.717, 1.165) is 16.5 Å². The largest absolute Gasteiger partial charge is 0.259 e. The predicted molar refractivity (Wildman–Crippen MR) is 82.9 cm³/mol. The van der Waals surface area contributed by atoms with Crippen LogP contribution >= 0.6 is 12.4 Å². The number of allylic oxidation sites excluding steroid dienone is 2. The predicted octanol–water partition coefficient (Wildman–Crippen LogP) is 3.81. The molecule has 0 unspecified atom stereocenters. The van der Waals surface area contributed by atoms with Crippen molar-refractivity contribution in [1.82, 2.24) is 10.2 Å². The summed E-state index contributed by atoms with van der Waals surface area (Å²) in [6.07, 6.45) is 3.75. The molecule has 0 atom stereocenters. The Morgan fingerprint density at radius 3 is 2.68 bits per heavy atom. The molecule has 5 heteroatoms. The van der Waals surface area contributed by atoms with E-state index < -0.39 is 0 Å². The summed E-state index contributed by atoms with van der Waals surface area (Å²) in [5.74, 6) is 0.676. The highest BCUT2D eigenvalue weighted by Gasteiger charge is 2.00. The third-order valence-corrected chi connectivity index (χ3v) is 2.41. The summed E-state index contributed by atoms with van der Waals surface area (Å²) in [5.41, 5.74) is 5.08. The molecule has 100 valence electrons. The minimum atomic E-state index is 0. The lowest BCUT2D eigenvalue weighted by atomic mass is 10.2. The van der Waals surface area contributed by atoms with Gasteiger partial charge < -0.3 is 0 Å². The number of fused-ring (bicyclic) bond motifs is 1. The Balaban J connectivity index is 0.00000180. The molecular weight excluding hydrogens is 260 g/mol. The van der Waals surface area contributed by atoms with Gasteiger partial charge in [0.15, 0.2) is 5.82 Å². The van der Waals surface area contributed by atoms with Crippen molar-refractivity contribution in [3.8, 4) is 0 Å². The van der Waals surface area contributed by atoms with Gasteiger partial charge in [0.05, 0.1) is 11.9 Å². The van der Waals surface area contributed by atoms with Crippen LogP contribution < -0.4 is 5.43 Å². The third kappa shape index (κ3) is 4.03. The van der Waals surface area contributed by atoms with Gasteiger partial charge in [0.25, 0.3) is 0 Å². The monoisotopic (exact) mass is 276 g/mol. The van der Waals surface area contributed by atoms with E-state index in [9.17, 15) is 0 Å². The number of hydrogen-bond acceptors (Lipinski definition) is 4. The van der Waals surface area contributed by atoms with Crippen LogP contribution in [0.4, 0.5) is 5.82 Å². The molecule has 1 aromatic carbocycles. The summed E-state index contributed by atoms with van der Waals surface area (Å²) in [5, 5.41) is 14.4. The molecule has 1 heterocycles. The van der Waals surface area contributed by atoms with Gasteiger partial charge in [0.1, 0.15) is 0 Å². The number of hydrogen-bond donors (Lipinski definition) is 1. The normalized spacial score (nSPS) is 10.8. The summed E-state index contributed by atoms with van der Waals surface area (Å²) >= 11 is 0. The molecule has 0 spiro atoms. The van der Waals surface area contributed by atoms with Crippen molar-refractivity contribution < 1.29 is 0 Å². The van der Waals surface area contributed by atoms with Crippen molar-refractivity contribution in [3.63, 3.8) is 0 Å². The van der Waals surface area contributed by atoms with Crippen LogP contribution in [0.25, 0.3) is 10.8 Å². The minimum Gasteiger partial charge on any atom is -0.259 e.